The molecule has 2 atom stereocenters. The van der Waals surface area contributed by atoms with Gasteiger partial charge in [0.25, 0.3) is 0 Å². The van der Waals surface area contributed by atoms with E-state index in [9.17, 15) is 0 Å². The van der Waals surface area contributed by atoms with E-state index in [4.69, 9.17) is 0 Å². The molecule has 0 saturated carbocycles. The van der Waals surface area contributed by atoms with Crippen LogP contribution in [0.2, 0.25) is 0 Å². The van der Waals surface area contributed by atoms with Crippen LogP contribution in [-0.2, 0) is 0 Å². The molecule has 17 heavy (non-hydrogen) atoms. The van der Waals surface area contributed by atoms with Gasteiger partial charge in [0.1, 0.15) is 0 Å². The van der Waals surface area contributed by atoms with Gasteiger partial charge in [-0.05, 0) is 66.8 Å². The van der Waals surface area contributed by atoms with Crippen LogP contribution in [0.5, 0.6) is 0 Å². The van der Waals surface area contributed by atoms with Crippen molar-refractivity contribution in [2.24, 2.45) is 0 Å². The van der Waals surface area contributed by atoms with Gasteiger partial charge >= 0.3 is 0 Å². The summed E-state index contributed by atoms with van der Waals surface area (Å²) in [5, 5.41) is 3.31. The van der Waals surface area contributed by atoms with Crippen LogP contribution < -0.4 is 5.32 Å². The van der Waals surface area contributed by atoms with Gasteiger partial charge in [0, 0.05) is 18.6 Å². The first-order valence-corrected chi connectivity index (χ1v) is 7.19. The zero-order chi connectivity index (χ0) is 12.7. The van der Waals surface area contributed by atoms with Gasteiger partial charge in [-0.2, -0.15) is 0 Å². The maximum Gasteiger partial charge on any atom is 0.0217 e. The third kappa shape index (κ3) is 5.84. The third-order valence-corrected chi connectivity index (χ3v) is 4.07. The predicted octanol–water partition coefficient (Wildman–Crippen LogP) is 1.79. The zero-order valence-corrected chi connectivity index (χ0v) is 12.2. The standard InChI is InChI=1S/C14H31N3/c1-13(15-2)8-5-6-10-17-11-7-9-14(12-17)16(3)4/h13-15H,5-12H2,1-4H3. The molecule has 1 N–H and O–H groups in total. The van der Waals surface area contributed by atoms with Crippen LogP contribution in [0.4, 0.5) is 0 Å². The summed E-state index contributed by atoms with van der Waals surface area (Å²) in [7, 11) is 6.47. The molecule has 1 aliphatic heterocycles. The summed E-state index contributed by atoms with van der Waals surface area (Å²) in [5.41, 5.74) is 0. The molecule has 0 aliphatic carbocycles. The van der Waals surface area contributed by atoms with Gasteiger partial charge in [0.05, 0.1) is 0 Å². The minimum absolute atomic E-state index is 0.672. The van der Waals surface area contributed by atoms with Gasteiger partial charge in [-0.3, -0.25) is 0 Å². The molecule has 0 aromatic heterocycles. The molecule has 0 bridgehead atoms. The van der Waals surface area contributed by atoms with E-state index in [0.29, 0.717) is 6.04 Å². The van der Waals surface area contributed by atoms with E-state index >= 15 is 0 Å². The third-order valence-electron chi connectivity index (χ3n) is 4.07. The number of hydrogen-bond acceptors (Lipinski definition) is 3. The molecule has 0 aromatic carbocycles. The Balaban J connectivity index is 2.10. The van der Waals surface area contributed by atoms with Crippen molar-refractivity contribution < 1.29 is 0 Å². The normalized spacial score (nSPS) is 24.2. The van der Waals surface area contributed by atoms with Crippen molar-refractivity contribution in [1.82, 2.24) is 15.1 Å². The maximum atomic E-state index is 3.31. The first kappa shape index (κ1) is 14.9. The van der Waals surface area contributed by atoms with Crippen molar-refractivity contribution >= 4 is 0 Å². The second-order valence-corrected chi connectivity index (χ2v) is 5.75. The minimum Gasteiger partial charge on any atom is -0.317 e. The average Bonchev–Trinajstić information content (AvgIpc) is 2.34. The number of rotatable bonds is 7. The van der Waals surface area contributed by atoms with E-state index in [-0.39, 0.29) is 0 Å². The summed E-state index contributed by atoms with van der Waals surface area (Å²) in [6.07, 6.45) is 6.76. The van der Waals surface area contributed by atoms with Crippen molar-refractivity contribution in [2.45, 2.75) is 51.1 Å². The first-order valence-electron chi connectivity index (χ1n) is 7.19. The van der Waals surface area contributed by atoms with Crippen molar-refractivity contribution in [3.63, 3.8) is 0 Å². The number of likely N-dealkylation sites (tertiary alicyclic amines) is 1. The van der Waals surface area contributed by atoms with Crippen LogP contribution in [0.3, 0.4) is 0 Å². The smallest absolute Gasteiger partial charge is 0.0217 e. The van der Waals surface area contributed by atoms with Crippen LogP contribution in [0.15, 0.2) is 0 Å². The molecule has 1 heterocycles. The fourth-order valence-corrected chi connectivity index (χ4v) is 2.59. The lowest BCUT2D eigenvalue weighted by Gasteiger charge is -2.36. The van der Waals surface area contributed by atoms with Gasteiger partial charge in [-0.1, -0.05) is 6.42 Å². The Hall–Kier alpha value is -0.120. The van der Waals surface area contributed by atoms with Gasteiger partial charge in [0.2, 0.25) is 0 Å². The second-order valence-electron chi connectivity index (χ2n) is 5.75. The fraction of sp³-hybridized carbons (Fsp3) is 1.00. The molecule has 102 valence electrons. The summed E-state index contributed by atoms with van der Waals surface area (Å²) < 4.78 is 0. The molecule has 2 unspecified atom stereocenters. The Morgan fingerprint density at radius 2 is 2.12 bits per heavy atom. The topological polar surface area (TPSA) is 18.5 Å². The lowest BCUT2D eigenvalue weighted by Crippen LogP contribution is -2.45. The number of unbranched alkanes of at least 4 members (excludes halogenated alkanes) is 1. The Kier molecular flexibility index (Phi) is 7.09. The molecule has 0 radical (unpaired) electrons. The van der Waals surface area contributed by atoms with Crippen molar-refractivity contribution in [2.75, 3.05) is 40.8 Å². The van der Waals surface area contributed by atoms with E-state index in [1.807, 2.05) is 0 Å². The SMILES string of the molecule is CNC(C)CCCCN1CCCC(N(C)C)C1. The van der Waals surface area contributed by atoms with E-state index in [0.717, 1.165) is 6.04 Å². The van der Waals surface area contributed by atoms with Crippen molar-refractivity contribution in [3.8, 4) is 0 Å². The molecule has 0 spiro atoms. The van der Waals surface area contributed by atoms with E-state index in [2.05, 4.69) is 43.2 Å². The highest BCUT2D eigenvalue weighted by Crippen LogP contribution is 2.14. The first-order chi connectivity index (χ1) is 8.13. The molecule has 1 aliphatic rings. The van der Waals surface area contributed by atoms with Crippen molar-refractivity contribution in [3.05, 3.63) is 0 Å². The summed E-state index contributed by atoms with van der Waals surface area (Å²) in [5.74, 6) is 0. The zero-order valence-electron chi connectivity index (χ0n) is 12.2. The lowest BCUT2D eigenvalue weighted by atomic mass is 10.0. The van der Waals surface area contributed by atoms with Crippen LogP contribution in [0.1, 0.15) is 39.0 Å². The lowest BCUT2D eigenvalue weighted by molar-refractivity contribution is 0.131. The highest BCUT2D eigenvalue weighted by atomic mass is 15.2. The Morgan fingerprint density at radius 3 is 2.76 bits per heavy atom. The Labute approximate surface area is 108 Å². The number of hydrogen-bond donors (Lipinski definition) is 1. The van der Waals surface area contributed by atoms with Crippen molar-refractivity contribution in [1.29, 1.82) is 0 Å². The summed E-state index contributed by atoms with van der Waals surface area (Å²) in [6.45, 7) is 6.14. The summed E-state index contributed by atoms with van der Waals surface area (Å²) >= 11 is 0. The molecular formula is C14H31N3. The van der Waals surface area contributed by atoms with Crippen LogP contribution >= 0.6 is 0 Å². The van der Waals surface area contributed by atoms with Crippen LogP contribution in [-0.4, -0.2) is 62.7 Å². The Bertz CT molecular complexity index is 194. The number of piperidine rings is 1. The monoisotopic (exact) mass is 241 g/mol. The molecular weight excluding hydrogens is 210 g/mol. The Morgan fingerprint density at radius 1 is 1.35 bits per heavy atom. The molecule has 0 aromatic rings. The molecule has 1 saturated heterocycles. The molecule has 3 nitrogen and oxygen atoms in total. The molecule has 0 amide bonds. The highest BCUT2D eigenvalue weighted by molar-refractivity contribution is 4.77. The predicted molar refractivity (Wildman–Crippen MR) is 75.5 cm³/mol. The summed E-state index contributed by atoms with van der Waals surface area (Å²) in [4.78, 5) is 5.04. The number of nitrogens with one attached hydrogen (secondary N) is 1. The van der Waals surface area contributed by atoms with E-state index < -0.39 is 0 Å². The van der Waals surface area contributed by atoms with E-state index in [1.165, 1.54) is 51.7 Å². The number of likely N-dealkylation sites (N-methyl/N-ethyl adjacent to an activating group) is 1. The van der Waals surface area contributed by atoms with Gasteiger partial charge < -0.3 is 15.1 Å². The highest BCUT2D eigenvalue weighted by Gasteiger charge is 2.20. The van der Waals surface area contributed by atoms with Crippen LogP contribution in [0.25, 0.3) is 0 Å². The van der Waals surface area contributed by atoms with Gasteiger partial charge in [-0.15, -0.1) is 0 Å². The second kappa shape index (κ2) is 8.06. The van der Waals surface area contributed by atoms with Crippen LogP contribution in [0, 0.1) is 0 Å². The quantitative estimate of drug-likeness (QED) is 0.686. The minimum atomic E-state index is 0.672. The fourth-order valence-electron chi connectivity index (χ4n) is 2.59. The van der Waals surface area contributed by atoms with E-state index in [1.54, 1.807) is 0 Å². The molecule has 1 fully saturated rings. The van der Waals surface area contributed by atoms with Gasteiger partial charge in [0.15, 0.2) is 0 Å². The maximum absolute atomic E-state index is 3.31. The number of nitrogens with zero attached hydrogens (tertiary/aromatic N) is 2. The average molecular weight is 241 g/mol. The largest absolute Gasteiger partial charge is 0.317 e. The van der Waals surface area contributed by atoms with Gasteiger partial charge in [-0.25, -0.2) is 0 Å². The molecule has 3 heteroatoms. The summed E-state index contributed by atoms with van der Waals surface area (Å²) in [6, 6.07) is 1.45. The molecule has 1 rings (SSSR count).